The number of hydrazone groups is 1. The number of nitrogens with one attached hydrogen (secondary N) is 2. The summed E-state index contributed by atoms with van der Waals surface area (Å²) in [6, 6.07) is 12.9. The third kappa shape index (κ3) is 5.89. The highest BCUT2D eigenvalue weighted by Gasteiger charge is 2.12. The number of carbonyl (C=O) groups is 1. The fraction of sp³-hybridized carbons (Fsp3) is 0.200. The van der Waals surface area contributed by atoms with Crippen LogP contribution in [-0.2, 0) is 4.79 Å². The predicted octanol–water partition coefficient (Wildman–Crippen LogP) is 2.49. The lowest BCUT2D eigenvalue weighted by atomic mass is 10.2. The SMILES string of the molecule is COc1ccc(/C=N/Nc2nnc(SCC(=O)Nc3ccc(C)cc3)n2N)cc1OC. The van der Waals surface area contributed by atoms with Crippen molar-refractivity contribution in [1.29, 1.82) is 0 Å². The average Bonchev–Trinajstić information content (AvgIpc) is 3.13. The molecule has 2 aromatic carbocycles. The molecule has 1 aromatic heterocycles. The third-order valence-corrected chi connectivity index (χ3v) is 5.06. The highest BCUT2D eigenvalue weighted by molar-refractivity contribution is 7.99. The maximum absolute atomic E-state index is 12.1. The van der Waals surface area contributed by atoms with Crippen LogP contribution in [0.1, 0.15) is 11.1 Å². The molecular weight excluding hydrogens is 418 g/mol. The van der Waals surface area contributed by atoms with E-state index in [0.717, 1.165) is 16.8 Å². The Bertz CT molecular complexity index is 1070. The van der Waals surface area contributed by atoms with Gasteiger partial charge < -0.3 is 20.6 Å². The largest absolute Gasteiger partial charge is 0.493 e. The number of hydrogen-bond donors (Lipinski definition) is 3. The highest BCUT2D eigenvalue weighted by Crippen LogP contribution is 2.27. The van der Waals surface area contributed by atoms with E-state index in [2.05, 4.69) is 26.0 Å². The molecular formula is C20H23N7O3S. The first kappa shape index (κ1) is 22.0. The molecule has 0 fully saturated rings. The van der Waals surface area contributed by atoms with Crippen LogP contribution in [0, 0.1) is 6.92 Å². The maximum Gasteiger partial charge on any atom is 0.264 e. The van der Waals surface area contributed by atoms with Gasteiger partial charge in [-0.3, -0.25) is 4.79 Å². The van der Waals surface area contributed by atoms with Crippen LogP contribution in [-0.4, -0.2) is 47.0 Å². The number of amides is 1. The van der Waals surface area contributed by atoms with E-state index in [9.17, 15) is 4.79 Å². The third-order valence-electron chi connectivity index (χ3n) is 4.12. The Labute approximate surface area is 183 Å². The molecule has 0 saturated heterocycles. The molecule has 0 spiro atoms. The van der Waals surface area contributed by atoms with Crippen LogP contribution in [0.25, 0.3) is 0 Å². The van der Waals surface area contributed by atoms with Crippen LogP contribution in [0.2, 0.25) is 0 Å². The minimum Gasteiger partial charge on any atom is -0.493 e. The minimum absolute atomic E-state index is 0.137. The first-order valence-electron chi connectivity index (χ1n) is 9.21. The van der Waals surface area contributed by atoms with E-state index in [1.54, 1.807) is 32.6 Å². The smallest absolute Gasteiger partial charge is 0.264 e. The number of methoxy groups -OCH3 is 2. The molecule has 11 heteroatoms. The lowest BCUT2D eigenvalue weighted by Crippen LogP contribution is -2.16. The van der Waals surface area contributed by atoms with E-state index in [0.29, 0.717) is 16.7 Å². The topological polar surface area (TPSA) is 129 Å². The van der Waals surface area contributed by atoms with E-state index in [1.165, 1.54) is 16.4 Å². The van der Waals surface area contributed by atoms with Crippen LogP contribution < -0.4 is 26.1 Å². The Balaban J connectivity index is 1.54. The molecule has 0 bridgehead atoms. The summed E-state index contributed by atoms with van der Waals surface area (Å²) >= 11 is 1.17. The number of thioether (sulfide) groups is 1. The predicted molar refractivity (Wildman–Crippen MR) is 121 cm³/mol. The van der Waals surface area contributed by atoms with E-state index in [1.807, 2.05) is 37.3 Å². The van der Waals surface area contributed by atoms with Crippen LogP contribution >= 0.6 is 11.8 Å². The van der Waals surface area contributed by atoms with Gasteiger partial charge in [0.25, 0.3) is 5.95 Å². The van der Waals surface area contributed by atoms with Gasteiger partial charge in [-0.05, 0) is 42.8 Å². The summed E-state index contributed by atoms with van der Waals surface area (Å²) in [5.74, 6) is 7.41. The van der Waals surface area contributed by atoms with Crippen LogP contribution in [0.15, 0.2) is 52.7 Å². The molecule has 3 aromatic rings. The molecule has 31 heavy (non-hydrogen) atoms. The van der Waals surface area contributed by atoms with Crippen molar-refractivity contribution in [2.45, 2.75) is 12.1 Å². The molecule has 1 heterocycles. The zero-order valence-corrected chi connectivity index (χ0v) is 18.1. The summed E-state index contributed by atoms with van der Waals surface area (Å²) in [4.78, 5) is 12.1. The van der Waals surface area contributed by atoms with E-state index in [4.69, 9.17) is 15.3 Å². The standard InChI is InChI=1S/C20H23N7O3S/c1-13-4-7-15(8-5-13)23-18(28)12-31-20-26-25-19(27(20)21)24-22-11-14-6-9-16(29-2)17(10-14)30-3/h4-11H,12,21H2,1-3H3,(H,23,28)(H,24,25)/b22-11+. The molecule has 0 radical (unpaired) electrons. The molecule has 4 N–H and O–H groups in total. The van der Waals surface area contributed by atoms with Gasteiger partial charge in [-0.25, -0.2) is 10.1 Å². The van der Waals surface area contributed by atoms with Gasteiger partial charge in [0.1, 0.15) is 0 Å². The summed E-state index contributed by atoms with van der Waals surface area (Å²) in [6.07, 6.45) is 1.58. The molecule has 0 aliphatic carbocycles. The number of aromatic nitrogens is 3. The Morgan fingerprint density at radius 2 is 1.90 bits per heavy atom. The summed E-state index contributed by atoms with van der Waals surface area (Å²) < 4.78 is 11.7. The van der Waals surface area contributed by atoms with Gasteiger partial charge in [0.15, 0.2) is 11.5 Å². The Hall–Kier alpha value is -3.73. The minimum atomic E-state index is -0.169. The first-order chi connectivity index (χ1) is 15.0. The zero-order chi connectivity index (χ0) is 22.2. The second-order valence-corrected chi connectivity index (χ2v) is 7.31. The number of nitrogen functional groups attached to an aromatic ring is 1. The molecule has 3 rings (SSSR count). The van der Waals surface area contributed by atoms with Crippen LogP contribution in [0.4, 0.5) is 11.6 Å². The van der Waals surface area contributed by atoms with Gasteiger partial charge >= 0.3 is 0 Å². The summed E-state index contributed by atoms with van der Waals surface area (Å²) in [7, 11) is 3.14. The van der Waals surface area contributed by atoms with Gasteiger partial charge in [0.05, 0.1) is 26.2 Å². The number of nitrogens with zero attached hydrogens (tertiary/aromatic N) is 4. The van der Waals surface area contributed by atoms with Crippen molar-refractivity contribution in [2.75, 3.05) is 36.6 Å². The van der Waals surface area contributed by atoms with Crippen LogP contribution in [0.5, 0.6) is 11.5 Å². The van der Waals surface area contributed by atoms with Gasteiger partial charge in [0, 0.05) is 5.69 Å². The lowest BCUT2D eigenvalue weighted by Gasteiger charge is -2.07. The van der Waals surface area contributed by atoms with Crippen LogP contribution in [0.3, 0.4) is 0 Å². The van der Waals surface area contributed by atoms with Crippen molar-refractivity contribution in [3.63, 3.8) is 0 Å². The number of rotatable bonds is 9. The zero-order valence-electron chi connectivity index (χ0n) is 17.3. The maximum atomic E-state index is 12.1. The second kappa shape index (κ2) is 10.3. The number of hydrogen-bond acceptors (Lipinski definition) is 9. The number of nitrogens with two attached hydrogens (primary N) is 1. The fourth-order valence-electron chi connectivity index (χ4n) is 2.51. The van der Waals surface area contributed by atoms with E-state index < -0.39 is 0 Å². The summed E-state index contributed by atoms with van der Waals surface area (Å²) in [5, 5.41) is 15.2. The summed E-state index contributed by atoms with van der Waals surface area (Å²) in [6.45, 7) is 1.99. The number of carbonyl (C=O) groups excluding carboxylic acids is 1. The first-order valence-corrected chi connectivity index (χ1v) is 10.2. The van der Waals surface area contributed by atoms with Crippen molar-refractivity contribution in [3.8, 4) is 11.5 Å². The fourth-order valence-corrected chi connectivity index (χ4v) is 3.17. The molecule has 0 unspecified atom stereocenters. The Morgan fingerprint density at radius 3 is 2.61 bits per heavy atom. The molecule has 0 aliphatic rings. The monoisotopic (exact) mass is 441 g/mol. The number of benzene rings is 2. The van der Waals surface area contributed by atoms with Gasteiger partial charge in [-0.15, -0.1) is 10.2 Å². The number of aryl methyl sites for hydroxylation is 1. The molecule has 162 valence electrons. The number of ether oxygens (including phenoxy) is 2. The van der Waals surface area contributed by atoms with E-state index in [-0.39, 0.29) is 17.6 Å². The Morgan fingerprint density at radius 1 is 1.16 bits per heavy atom. The Kier molecular flexibility index (Phi) is 7.33. The van der Waals surface area contributed by atoms with Crippen molar-refractivity contribution in [1.82, 2.24) is 14.9 Å². The van der Waals surface area contributed by atoms with Crippen molar-refractivity contribution in [2.24, 2.45) is 5.10 Å². The summed E-state index contributed by atoms with van der Waals surface area (Å²) in [5.41, 5.74) is 5.37. The normalized spacial score (nSPS) is 10.8. The molecule has 10 nitrogen and oxygen atoms in total. The van der Waals surface area contributed by atoms with E-state index >= 15 is 0 Å². The van der Waals surface area contributed by atoms with Crippen molar-refractivity contribution >= 4 is 35.5 Å². The number of anilines is 2. The quantitative estimate of drug-likeness (QED) is 0.200. The molecule has 1 amide bonds. The molecule has 0 saturated carbocycles. The van der Waals surface area contributed by atoms with Crippen molar-refractivity contribution in [3.05, 3.63) is 53.6 Å². The average molecular weight is 442 g/mol. The van der Waals surface area contributed by atoms with Gasteiger partial charge in [0.2, 0.25) is 11.1 Å². The molecule has 0 atom stereocenters. The highest BCUT2D eigenvalue weighted by atomic mass is 32.2. The van der Waals surface area contributed by atoms with Gasteiger partial charge in [-0.2, -0.15) is 5.10 Å². The lowest BCUT2D eigenvalue weighted by molar-refractivity contribution is -0.113. The molecule has 0 aliphatic heterocycles. The second-order valence-electron chi connectivity index (χ2n) is 6.36. The van der Waals surface area contributed by atoms with Gasteiger partial charge in [-0.1, -0.05) is 29.5 Å². The van der Waals surface area contributed by atoms with Crippen molar-refractivity contribution < 1.29 is 14.3 Å².